The third kappa shape index (κ3) is 5.80. The highest BCUT2D eigenvalue weighted by Crippen LogP contribution is 2.15. The molecule has 0 aliphatic heterocycles. The Balaban J connectivity index is 0.00000242. The average Bonchev–Trinajstić information content (AvgIpc) is 2.99. The Hall–Kier alpha value is -1.35. The normalized spacial score (nSPS) is 10.9. The maximum atomic E-state index is 13.3. The lowest BCUT2D eigenvalue weighted by Crippen LogP contribution is -2.36. The standard InChI is InChI=1S/C15H18FN3OS.HI/c1-2-17-15(19-9-12-5-6-21-10-12)18-8-11-3-4-14(20)13(16)7-11;/h3-7,10,20H,2,8-9H2,1H3,(H2,17,18,19);1H. The molecule has 2 aromatic rings. The van der Waals surface area contributed by atoms with E-state index in [0.29, 0.717) is 19.0 Å². The van der Waals surface area contributed by atoms with Gasteiger partial charge >= 0.3 is 0 Å². The summed E-state index contributed by atoms with van der Waals surface area (Å²) in [4.78, 5) is 4.47. The number of rotatable bonds is 5. The number of thiophene rings is 1. The predicted octanol–water partition coefficient (Wildman–Crippen LogP) is 3.47. The van der Waals surface area contributed by atoms with Crippen LogP contribution in [0.4, 0.5) is 4.39 Å². The van der Waals surface area contributed by atoms with Gasteiger partial charge in [0.05, 0.1) is 6.54 Å². The van der Waals surface area contributed by atoms with Gasteiger partial charge in [-0.25, -0.2) is 9.38 Å². The molecule has 1 heterocycles. The van der Waals surface area contributed by atoms with Crippen molar-refractivity contribution in [3.05, 3.63) is 52.0 Å². The predicted molar refractivity (Wildman–Crippen MR) is 99.5 cm³/mol. The lowest BCUT2D eigenvalue weighted by atomic mass is 10.2. The van der Waals surface area contributed by atoms with Crippen LogP contribution in [0.15, 0.2) is 40.0 Å². The number of hydrogen-bond donors (Lipinski definition) is 3. The van der Waals surface area contributed by atoms with Gasteiger partial charge in [0.15, 0.2) is 17.5 Å². The molecule has 0 saturated heterocycles. The van der Waals surface area contributed by atoms with Crippen LogP contribution in [0.2, 0.25) is 0 Å². The van der Waals surface area contributed by atoms with E-state index in [-0.39, 0.29) is 29.7 Å². The number of phenols is 1. The van der Waals surface area contributed by atoms with Crippen molar-refractivity contribution in [2.24, 2.45) is 4.99 Å². The number of benzene rings is 1. The van der Waals surface area contributed by atoms with E-state index in [2.05, 4.69) is 21.0 Å². The van der Waals surface area contributed by atoms with Crippen LogP contribution in [-0.4, -0.2) is 17.6 Å². The SMILES string of the molecule is CCNC(=NCc1ccsc1)NCc1ccc(O)c(F)c1.I. The second-order valence-electron chi connectivity index (χ2n) is 4.47. The van der Waals surface area contributed by atoms with Gasteiger partial charge < -0.3 is 15.7 Å². The molecule has 0 aliphatic carbocycles. The van der Waals surface area contributed by atoms with E-state index in [0.717, 1.165) is 17.7 Å². The third-order valence-corrected chi connectivity index (χ3v) is 3.55. The maximum Gasteiger partial charge on any atom is 0.191 e. The summed E-state index contributed by atoms with van der Waals surface area (Å²) in [6.45, 7) is 3.77. The summed E-state index contributed by atoms with van der Waals surface area (Å²) in [5.74, 6) is -0.275. The Kier molecular flexibility index (Phi) is 8.18. The highest BCUT2D eigenvalue weighted by Gasteiger charge is 2.03. The van der Waals surface area contributed by atoms with E-state index in [1.54, 1.807) is 17.4 Å². The van der Waals surface area contributed by atoms with Crippen LogP contribution in [0.5, 0.6) is 5.75 Å². The number of phenolic OH excluding ortho intramolecular Hbond substituents is 1. The largest absolute Gasteiger partial charge is 0.505 e. The Bertz CT molecular complexity index is 605. The summed E-state index contributed by atoms with van der Waals surface area (Å²) in [5.41, 5.74) is 1.90. The van der Waals surface area contributed by atoms with Crippen molar-refractivity contribution in [3.8, 4) is 5.75 Å². The minimum Gasteiger partial charge on any atom is -0.505 e. The van der Waals surface area contributed by atoms with Crippen molar-refractivity contribution in [1.82, 2.24) is 10.6 Å². The second-order valence-corrected chi connectivity index (χ2v) is 5.25. The fraction of sp³-hybridized carbons (Fsp3) is 0.267. The molecule has 0 bridgehead atoms. The number of aromatic hydroxyl groups is 1. The Morgan fingerprint density at radius 1 is 1.27 bits per heavy atom. The number of aliphatic imine (C=N–C) groups is 1. The van der Waals surface area contributed by atoms with Crippen molar-refractivity contribution < 1.29 is 9.50 Å². The van der Waals surface area contributed by atoms with Crippen LogP contribution in [0.3, 0.4) is 0 Å². The number of halogens is 2. The zero-order valence-electron chi connectivity index (χ0n) is 12.2. The fourth-order valence-corrected chi connectivity index (χ4v) is 2.40. The van der Waals surface area contributed by atoms with Gasteiger partial charge in [0.1, 0.15) is 0 Å². The summed E-state index contributed by atoms with van der Waals surface area (Å²) in [5, 5.41) is 19.5. The van der Waals surface area contributed by atoms with Gasteiger partial charge in [0, 0.05) is 13.1 Å². The Labute approximate surface area is 150 Å². The van der Waals surface area contributed by atoms with Gasteiger partial charge in [-0.2, -0.15) is 11.3 Å². The molecule has 2 rings (SSSR count). The number of nitrogens with one attached hydrogen (secondary N) is 2. The third-order valence-electron chi connectivity index (χ3n) is 2.82. The van der Waals surface area contributed by atoms with Crippen LogP contribution in [-0.2, 0) is 13.1 Å². The maximum absolute atomic E-state index is 13.3. The zero-order chi connectivity index (χ0) is 15.1. The van der Waals surface area contributed by atoms with Crippen LogP contribution in [0.25, 0.3) is 0 Å². The van der Waals surface area contributed by atoms with Crippen molar-refractivity contribution in [1.29, 1.82) is 0 Å². The lowest BCUT2D eigenvalue weighted by Gasteiger charge is -2.11. The first kappa shape index (κ1) is 18.7. The van der Waals surface area contributed by atoms with E-state index in [1.165, 1.54) is 12.1 Å². The molecule has 22 heavy (non-hydrogen) atoms. The molecule has 0 atom stereocenters. The zero-order valence-corrected chi connectivity index (χ0v) is 15.3. The van der Waals surface area contributed by atoms with Crippen LogP contribution in [0.1, 0.15) is 18.1 Å². The smallest absolute Gasteiger partial charge is 0.191 e. The minimum absolute atomic E-state index is 0. The van der Waals surface area contributed by atoms with E-state index < -0.39 is 5.82 Å². The molecular weight excluding hydrogens is 416 g/mol. The molecule has 0 saturated carbocycles. The fourth-order valence-electron chi connectivity index (χ4n) is 1.74. The van der Waals surface area contributed by atoms with Crippen molar-refractivity contribution in [3.63, 3.8) is 0 Å². The molecule has 0 unspecified atom stereocenters. The van der Waals surface area contributed by atoms with Gasteiger partial charge in [0.2, 0.25) is 0 Å². The molecule has 0 radical (unpaired) electrons. The molecule has 7 heteroatoms. The molecule has 0 aliphatic rings. The van der Waals surface area contributed by atoms with Crippen LogP contribution in [0, 0.1) is 5.82 Å². The van der Waals surface area contributed by atoms with Crippen molar-refractivity contribution in [2.45, 2.75) is 20.0 Å². The molecule has 0 fully saturated rings. The summed E-state index contributed by atoms with van der Waals surface area (Å²) in [6, 6.07) is 6.37. The molecule has 0 spiro atoms. The summed E-state index contributed by atoms with van der Waals surface area (Å²) >= 11 is 1.64. The quantitative estimate of drug-likeness (QED) is 0.383. The monoisotopic (exact) mass is 435 g/mol. The van der Waals surface area contributed by atoms with E-state index in [9.17, 15) is 4.39 Å². The summed E-state index contributed by atoms with van der Waals surface area (Å²) in [6.07, 6.45) is 0. The first-order chi connectivity index (χ1) is 10.2. The molecule has 1 aromatic carbocycles. The summed E-state index contributed by atoms with van der Waals surface area (Å²) in [7, 11) is 0. The molecular formula is C15H19FIN3OS. The van der Waals surface area contributed by atoms with Gasteiger partial charge in [0.25, 0.3) is 0 Å². The highest BCUT2D eigenvalue weighted by molar-refractivity contribution is 14.0. The average molecular weight is 435 g/mol. The van der Waals surface area contributed by atoms with E-state index >= 15 is 0 Å². The number of nitrogens with zero attached hydrogens (tertiary/aromatic N) is 1. The minimum atomic E-state index is -0.616. The van der Waals surface area contributed by atoms with E-state index in [4.69, 9.17) is 5.11 Å². The van der Waals surface area contributed by atoms with Gasteiger partial charge in [-0.05, 0) is 47.0 Å². The van der Waals surface area contributed by atoms with Gasteiger partial charge in [-0.15, -0.1) is 24.0 Å². The van der Waals surface area contributed by atoms with Crippen molar-refractivity contribution in [2.75, 3.05) is 6.54 Å². The Morgan fingerprint density at radius 2 is 2.09 bits per heavy atom. The Morgan fingerprint density at radius 3 is 2.73 bits per heavy atom. The first-order valence-electron chi connectivity index (χ1n) is 6.69. The van der Waals surface area contributed by atoms with Crippen LogP contribution < -0.4 is 10.6 Å². The first-order valence-corrected chi connectivity index (χ1v) is 7.64. The number of hydrogen-bond acceptors (Lipinski definition) is 3. The topological polar surface area (TPSA) is 56.7 Å². The van der Waals surface area contributed by atoms with Gasteiger partial charge in [-0.1, -0.05) is 6.07 Å². The molecule has 0 amide bonds. The molecule has 3 N–H and O–H groups in total. The molecule has 120 valence electrons. The van der Waals surface area contributed by atoms with Crippen LogP contribution >= 0.6 is 35.3 Å². The molecule has 1 aromatic heterocycles. The highest BCUT2D eigenvalue weighted by atomic mass is 127. The second kappa shape index (κ2) is 9.62. The lowest BCUT2D eigenvalue weighted by molar-refractivity contribution is 0.431. The van der Waals surface area contributed by atoms with Crippen molar-refractivity contribution >= 4 is 41.3 Å². The molecule has 4 nitrogen and oxygen atoms in total. The number of guanidine groups is 1. The van der Waals surface area contributed by atoms with Gasteiger partial charge in [-0.3, -0.25) is 0 Å². The van der Waals surface area contributed by atoms with E-state index in [1.807, 2.05) is 18.4 Å². The summed E-state index contributed by atoms with van der Waals surface area (Å²) < 4.78 is 13.3.